The second-order valence-corrected chi connectivity index (χ2v) is 0.525. The molecule has 0 saturated carbocycles. The van der Waals surface area contributed by atoms with Crippen molar-refractivity contribution >= 4 is 71.6 Å². The summed E-state index contributed by atoms with van der Waals surface area (Å²) in [6, 6.07) is 0. The normalized spacial score (nSPS) is 2.25. The summed E-state index contributed by atoms with van der Waals surface area (Å²) in [6.45, 7) is 0. The van der Waals surface area contributed by atoms with Crippen LogP contribution >= 0.6 is 48.5 Å². The van der Waals surface area contributed by atoms with Crippen LogP contribution < -0.4 is 0 Å². The molecule has 0 heterocycles. The molecule has 48 valence electrons. The van der Waals surface area contributed by atoms with Gasteiger partial charge in [-0.2, -0.15) is 3.84 Å². The summed E-state index contributed by atoms with van der Waals surface area (Å²) >= 11 is 8.53. The summed E-state index contributed by atoms with van der Waals surface area (Å²) in [7, 11) is 0. The second kappa shape index (κ2) is 41.6. The van der Waals surface area contributed by atoms with Crippen LogP contribution in [0.4, 0.5) is 0 Å². The summed E-state index contributed by atoms with van der Waals surface area (Å²) < 4.78 is 3.19. The Labute approximate surface area is 153 Å². The van der Waals surface area contributed by atoms with Gasteiger partial charge >= 0.3 is 23.1 Å². The number of hydrogen-bond acceptors (Lipinski definition) is 1. The van der Waals surface area contributed by atoms with E-state index in [4.69, 9.17) is 0 Å². The van der Waals surface area contributed by atoms with Crippen molar-refractivity contribution in [2.75, 3.05) is 0 Å². The summed E-state index contributed by atoms with van der Waals surface area (Å²) in [5, 5.41) is 0. The van der Waals surface area contributed by atoms with Crippen molar-refractivity contribution in [3.05, 3.63) is 0 Å². The molecule has 0 amide bonds. The monoisotopic (exact) mass is 468 g/mol. The van der Waals surface area contributed by atoms with Gasteiger partial charge in [0, 0.05) is 81.7 Å². The van der Waals surface area contributed by atoms with Crippen LogP contribution in [0.1, 0.15) is 0 Å². The van der Waals surface area contributed by atoms with E-state index in [1.54, 1.807) is 0 Å². The Kier molecular flexibility index (Phi) is 203. The topological polar surface area (TPSA) is 9.23 Å². The average Bonchev–Trinajstić information content (AvgIpc) is 0.918. The van der Waals surface area contributed by atoms with Gasteiger partial charge in [0.25, 0.3) is 0 Å². The summed E-state index contributed by atoms with van der Waals surface area (Å²) in [6.07, 6.45) is 0. The molecular formula is H4Cl4MgNd2O. The molecule has 0 saturated heterocycles. The SMILES string of the molecule is Cl.Cl.ClOCl.[MgH2].[Nd].[Nd]. The van der Waals surface area contributed by atoms with Crippen LogP contribution in [0.15, 0.2) is 0 Å². The zero-order chi connectivity index (χ0) is 2.71. The molecule has 0 spiro atoms. The average molecular weight is 475 g/mol. The van der Waals surface area contributed by atoms with Crippen LogP contribution in [0.25, 0.3) is 0 Å². The zero-order valence-electron chi connectivity index (χ0n) is 2.98. The minimum absolute atomic E-state index is 0. The van der Waals surface area contributed by atoms with Gasteiger partial charge in [0.05, 0.1) is 23.7 Å². The van der Waals surface area contributed by atoms with E-state index in [1.165, 1.54) is 0 Å². The summed E-state index contributed by atoms with van der Waals surface area (Å²) in [4.78, 5) is 0. The zero-order valence-corrected chi connectivity index (χ0v) is 12.5. The van der Waals surface area contributed by atoms with Crippen molar-refractivity contribution in [2.45, 2.75) is 0 Å². The first-order valence-corrected chi connectivity index (χ1v) is 0.926. The Morgan fingerprint density at radius 2 is 0.875 bits per heavy atom. The van der Waals surface area contributed by atoms with E-state index in [0.29, 0.717) is 0 Å². The van der Waals surface area contributed by atoms with Crippen molar-refractivity contribution < 1.29 is 85.5 Å². The maximum atomic E-state index is 4.26. The molecule has 8 heavy (non-hydrogen) atoms. The van der Waals surface area contributed by atoms with E-state index in [0.717, 1.165) is 0 Å². The van der Waals surface area contributed by atoms with E-state index in [2.05, 4.69) is 27.6 Å². The van der Waals surface area contributed by atoms with Gasteiger partial charge in [-0.25, -0.2) is 0 Å². The van der Waals surface area contributed by atoms with Gasteiger partial charge in [0.1, 0.15) is 0 Å². The predicted octanol–water partition coefficient (Wildman–Crippen LogP) is 1.24. The summed E-state index contributed by atoms with van der Waals surface area (Å²) in [5.74, 6) is 0. The van der Waals surface area contributed by atoms with Gasteiger partial charge in [0.15, 0.2) is 0 Å². The van der Waals surface area contributed by atoms with Gasteiger partial charge in [-0.05, 0) is 0 Å². The summed E-state index contributed by atoms with van der Waals surface area (Å²) in [5.41, 5.74) is 0. The largest absolute Gasteiger partial charge is 0.316 e. The smallest absolute Gasteiger partial charge is 0.166 e. The van der Waals surface area contributed by atoms with Gasteiger partial charge in [-0.3, -0.25) is 0 Å². The molecule has 0 N–H and O–H groups in total. The van der Waals surface area contributed by atoms with Gasteiger partial charge in [-0.15, -0.1) is 24.8 Å². The quantitative estimate of drug-likeness (QED) is 0.480. The first-order chi connectivity index (χ1) is 1.41. The fourth-order valence-electron chi connectivity index (χ4n) is 0. The molecule has 0 aromatic heterocycles. The van der Waals surface area contributed by atoms with Crippen molar-refractivity contribution in [3.63, 3.8) is 0 Å². The van der Waals surface area contributed by atoms with Crippen molar-refractivity contribution in [2.24, 2.45) is 0 Å². The molecular weight excluding hydrogens is 471 g/mol. The molecule has 0 fully saturated rings. The third kappa shape index (κ3) is 46.2. The molecule has 0 aliphatic carbocycles. The van der Waals surface area contributed by atoms with Crippen molar-refractivity contribution in [1.82, 2.24) is 0 Å². The maximum Gasteiger partial charge on any atom is 0.316 e. The molecule has 0 aromatic rings. The Morgan fingerprint density at radius 1 is 0.875 bits per heavy atom. The fraction of sp³-hybridized carbons (Fsp3) is 0. The standard InChI is InChI=1S/Cl2O.2ClH.Mg.2Nd.2H/c1-3-2;;;;;;;/h;2*1H;;;;;. The van der Waals surface area contributed by atoms with Crippen molar-refractivity contribution in [1.29, 1.82) is 0 Å². The second-order valence-electron chi connectivity index (χ2n) is 0.0583. The molecule has 1 nitrogen and oxygen atoms in total. The van der Waals surface area contributed by atoms with E-state index in [1.807, 2.05) is 0 Å². The van der Waals surface area contributed by atoms with Crippen LogP contribution in [-0.2, 0) is 3.84 Å². The Morgan fingerprint density at radius 3 is 0.875 bits per heavy atom. The van der Waals surface area contributed by atoms with Crippen LogP contribution in [0, 0.1) is 81.7 Å². The Balaban J connectivity index is -0.00000000200. The van der Waals surface area contributed by atoms with Gasteiger partial charge in [-0.1, -0.05) is 0 Å². The van der Waals surface area contributed by atoms with E-state index in [-0.39, 0.29) is 130 Å². The van der Waals surface area contributed by atoms with E-state index in [9.17, 15) is 0 Å². The molecule has 0 aromatic carbocycles. The van der Waals surface area contributed by atoms with Gasteiger partial charge < -0.3 is 0 Å². The minimum atomic E-state index is 0. The van der Waals surface area contributed by atoms with Gasteiger partial charge in [0.2, 0.25) is 0 Å². The first-order valence-electron chi connectivity index (χ1n) is 0.309. The van der Waals surface area contributed by atoms with Crippen LogP contribution in [0.2, 0.25) is 0 Å². The molecule has 0 bridgehead atoms. The third-order valence-electron chi connectivity index (χ3n) is 0. The molecule has 0 aliphatic rings. The van der Waals surface area contributed by atoms with Crippen LogP contribution in [0.5, 0.6) is 0 Å². The molecule has 0 rings (SSSR count). The molecule has 0 unspecified atom stereocenters. The molecule has 8 heteroatoms. The van der Waals surface area contributed by atoms with Crippen LogP contribution in [-0.4, -0.2) is 23.1 Å². The number of halogens is 4. The van der Waals surface area contributed by atoms with Crippen LogP contribution in [0.3, 0.4) is 0 Å². The minimum Gasteiger partial charge on any atom is -0.166 e. The fourth-order valence-corrected chi connectivity index (χ4v) is 0. The third-order valence-corrected chi connectivity index (χ3v) is 0. The number of hydrogen-bond donors (Lipinski definition) is 0. The van der Waals surface area contributed by atoms with Crippen molar-refractivity contribution in [3.8, 4) is 0 Å². The Hall–Kier alpha value is 4.59. The predicted molar refractivity (Wildman–Crippen MR) is 35.8 cm³/mol. The first kappa shape index (κ1) is 38.9. The molecule has 0 aliphatic heterocycles. The van der Waals surface area contributed by atoms with E-state index < -0.39 is 0 Å². The molecule has 0 radical (unpaired) electrons. The van der Waals surface area contributed by atoms with E-state index >= 15 is 0 Å². The maximum absolute atomic E-state index is 4.26. The molecule has 0 atom stereocenters. The number of rotatable bonds is 0. The Bertz CT molecular complexity index is 14.0.